The van der Waals surface area contributed by atoms with Crippen molar-refractivity contribution >= 4 is 11.7 Å². The molecule has 8 nitrogen and oxygen atoms in total. The summed E-state index contributed by atoms with van der Waals surface area (Å²) in [7, 11) is 0. The summed E-state index contributed by atoms with van der Waals surface area (Å²) in [5.41, 5.74) is 13.1. The number of fused-ring (bicyclic) bond motifs is 10. The molecule has 0 atom stereocenters. The molecule has 1 aliphatic heterocycles. The van der Waals surface area contributed by atoms with Gasteiger partial charge in [0.1, 0.15) is 0 Å². The second kappa shape index (κ2) is 12.0. The third-order valence-corrected chi connectivity index (χ3v) is 6.73. The Kier molecular flexibility index (Phi) is 8.13. The molecule has 1 amide bonds. The van der Waals surface area contributed by atoms with Crippen molar-refractivity contribution in [2.45, 2.75) is 45.4 Å². The Morgan fingerprint density at radius 3 is 1.72 bits per heavy atom. The van der Waals surface area contributed by atoms with E-state index in [2.05, 4.69) is 5.32 Å². The number of carbonyl (C=O) groups is 2. The molecular formula is C31H32N6O2. The van der Waals surface area contributed by atoms with Crippen molar-refractivity contribution in [2.75, 3.05) is 13.1 Å². The van der Waals surface area contributed by atoms with Gasteiger partial charge < -0.3 is 11.1 Å². The zero-order valence-corrected chi connectivity index (χ0v) is 22.1. The summed E-state index contributed by atoms with van der Waals surface area (Å²) in [4.78, 5) is 44.8. The van der Waals surface area contributed by atoms with E-state index in [0.29, 0.717) is 48.4 Å². The van der Waals surface area contributed by atoms with Crippen molar-refractivity contribution in [3.8, 4) is 22.8 Å². The van der Waals surface area contributed by atoms with Gasteiger partial charge in [-0.25, -0.2) is 0 Å². The molecule has 198 valence electrons. The monoisotopic (exact) mass is 520 g/mol. The molecule has 4 aromatic rings. The number of hydrogen-bond acceptors (Lipinski definition) is 7. The number of ketones is 1. The number of nitrogens with one attached hydrogen (secondary N) is 1. The van der Waals surface area contributed by atoms with Gasteiger partial charge in [-0.1, -0.05) is 12.1 Å². The summed E-state index contributed by atoms with van der Waals surface area (Å²) in [6, 6.07) is 19.3. The molecule has 1 aliphatic rings. The Morgan fingerprint density at radius 1 is 0.692 bits per heavy atom. The lowest BCUT2D eigenvalue weighted by molar-refractivity contribution is 0.0953. The van der Waals surface area contributed by atoms with Crippen LogP contribution in [0.1, 0.15) is 63.3 Å². The van der Waals surface area contributed by atoms with Crippen LogP contribution in [0.2, 0.25) is 0 Å². The predicted octanol–water partition coefficient (Wildman–Crippen LogP) is 4.16. The molecule has 0 aromatic carbocycles. The van der Waals surface area contributed by atoms with Crippen LogP contribution in [0.3, 0.4) is 0 Å². The Labute approximate surface area is 228 Å². The highest BCUT2D eigenvalue weighted by Gasteiger charge is 2.15. The maximum Gasteiger partial charge on any atom is 0.251 e. The zero-order chi connectivity index (χ0) is 27.2. The standard InChI is InChI=1S/C31H32N6O2/c1-20(38)21-16-25-10-2-6-23-8-4-12-27(34-23)28-13-5-9-24(35-28)7-3-11-26-17-22(31(39)33-15-14-32)19-30(37-26)29(18-21)36-25/h4-5,8-9,12-13,16-19H,2-3,6-7,10-11,14-15,32H2,1H3,(H,33,39). The fraction of sp³-hybridized carbons (Fsp3) is 0.290. The summed E-state index contributed by atoms with van der Waals surface area (Å²) in [6.07, 6.45) is 4.49. The molecule has 39 heavy (non-hydrogen) atoms. The molecule has 5 heterocycles. The molecule has 0 unspecified atom stereocenters. The average molecular weight is 521 g/mol. The summed E-state index contributed by atoms with van der Waals surface area (Å²) >= 11 is 0. The van der Waals surface area contributed by atoms with E-state index in [9.17, 15) is 9.59 Å². The molecular weight excluding hydrogens is 488 g/mol. The summed E-state index contributed by atoms with van der Waals surface area (Å²) in [5.74, 6) is -0.249. The normalized spacial score (nSPS) is 13.2. The lowest BCUT2D eigenvalue weighted by Crippen LogP contribution is -2.29. The SMILES string of the molecule is CC(=O)c1cc2nc(c1)-c1cc(C(=O)NCCN)cc(n1)CCCc1cccc(n1)-c1cccc(n1)CCC2. The number of pyridine rings is 4. The van der Waals surface area contributed by atoms with Crippen molar-refractivity contribution < 1.29 is 9.59 Å². The summed E-state index contributed by atoms with van der Waals surface area (Å²) in [5, 5.41) is 2.85. The summed E-state index contributed by atoms with van der Waals surface area (Å²) in [6.45, 7) is 2.29. The van der Waals surface area contributed by atoms with Crippen LogP contribution < -0.4 is 11.1 Å². The molecule has 8 bridgehead atoms. The van der Waals surface area contributed by atoms with Gasteiger partial charge in [0.15, 0.2) is 5.78 Å². The minimum Gasteiger partial charge on any atom is -0.351 e. The molecule has 0 saturated heterocycles. The highest BCUT2D eigenvalue weighted by molar-refractivity contribution is 5.96. The Hall–Kier alpha value is -4.30. The number of nitrogens with zero attached hydrogens (tertiary/aromatic N) is 4. The van der Waals surface area contributed by atoms with Gasteiger partial charge in [-0.2, -0.15) is 0 Å². The fourth-order valence-electron chi connectivity index (χ4n) is 4.74. The number of aryl methyl sites for hydroxylation is 4. The second-order valence-corrected chi connectivity index (χ2v) is 9.80. The van der Waals surface area contributed by atoms with E-state index in [0.717, 1.165) is 59.8 Å². The molecule has 4 aromatic heterocycles. The van der Waals surface area contributed by atoms with E-state index in [4.69, 9.17) is 25.7 Å². The van der Waals surface area contributed by atoms with Gasteiger partial charge in [-0.05, 0) is 94.0 Å². The minimum atomic E-state index is -0.210. The molecule has 0 radical (unpaired) electrons. The zero-order valence-electron chi connectivity index (χ0n) is 22.1. The Balaban J connectivity index is 1.57. The lowest BCUT2D eigenvalue weighted by atomic mass is 10.0. The number of hydrogen-bond donors (Lipinski definition) is 2. The largest absolute Gasteiger partial charge is 0.351 e. The van der Waals surface area contributed by atoms with E-state index in [1.54, 1.807) is 19.1 Å². The van der Waals surface area contributed by atoms with Gasteiger partial charge in [-0.15, -0.1) is 0 Å². The third kappa shape index (κ3) is 6.59. The van der Waals surface area contributed by atoms with Crippen LogP contribution >= 0.6 is 0 Å². The molecule has 8 heteroatoms. The highest BCUT2D eigenvalue weighted by Crippen LogP contribution is 2.23. The highest BCUT2D eigenvalue weighted by atomic mass is 16.1. The van der Waals surface area contributed by atoms with Gasteiger partial charge in [0.05, 0.1) is 22.8 Å². The topological polar surface area (TPSA) is 124 Å². The number of Topliss-reactive ketones (excluding diaryl/α,β-unsaturated/α-hetero) is 1. The van der Waals surface area contributed by atoms with Crippen LogP contribution in [0.25, 0.3) is 22.8 Å². The van der Waals surface area contributed by atoms with Gasteiger partial charge in [0.25, 0.3) is 5.91 Å². The molecule has 0 spiro atoms. The predicted molar refractivity (Wildman–Crippen MR) is 150 cm³/mol. The number of aromatic nitrogens is 4. The van der Waals surface area contributed by atoms with Crippen molar-refractivity contribution in [3.05, 3.63) is 94.6 Å². The average Bonchev–Trinajstić information content (AvgIpc) is 2.95. The van der Waals surface area contributed by atoms with Gasteiger partial charge in [-0.3, -0.25) is 29.5 Å². The van der Waals surface area contributed by atoms with E-state index < -0.39 is 0 Å². The Bertz CT molecular complexity index is 1520. The van der Waals surface area contributed by atoms with Crippen LogP contribution in [0, 0.1) is 0 Å². The van der Waals surface area contributed by atoms with Crippen LogP contribution in [-0.4, -0.2) is 44.7 Å². The second-order valence-electron chi connectivity index (χ2n) is 9.80. The smallest absolute Gasteiger partial charge is 0.251 e. The van der Waals surface area contributed by atoms with Crippen LogP contribution in [0.4, 0.5) is 0 Å². The van der Waals surface area contributed by atoms with Crippen molar-refractivity contribution in [2.24, 2.45) is 5.73 Å². The van der Waals surface area contributed by atoms with Crippen molar-refractivity contribution in [1.29, 1.82) is 0 Å². The molecule has 0 fully saturated rings. The first-order chi connectivity index (χ1) is 19.0. The first kappa shape index (κ1) is 26.3. The number of nitrogens with two attached hydrogens (primary N) is 1. The van der Waals surface area contributed by atoms with Gasteiger partial charge in [0, 0.05) is 47.0 Å². The number of rotatable bonds is 4. The molecule has 5 rings (SSSR count). The minimum absolute atomic E-state index is 0.0397. The third-order valence-electron chi connectivity index (χ3n) is 6.73. The quantitative estimate of drug-likeness (QED) is 0.387. The van der Waals surface area contributed by atoms with E-state index >= 15 is 0 Å². The van der Waals surface area contributed by atoms with Crippen molar-refractivity contribution in [3.63, 3.8) is 0 Å². The van der Waals surface area contributed by atoms with E-state index in [1.807, 2.05) is 48.5 Å². The van der Waals surface area contributed by atoms with Gasteiger partial charge >= 0.3 is 0 Å². The van der Waals surface area contributed by atoms with E-state index in [-0.39, 0.29) is 11.7 Å². The lowest BCUT2D eigenvalue weighted by Gasteiger charge is -2.12. The molecule has 0 saturated carbocycles. The number of carbonyl (C=O) groups excluding carboxylic acids is 2. The maximum atomic E-state index is 12.9. The maximum absolute atomic E-state index is 12.9. The van der Waals surface area contributed by atoms with Crippen molar-refractivity contribution in [1.82, 2.24) is 25.3 Å². The first-order valence-corrected chi connectivity index (χ1v) is 13.4. The first-order valence-electron chi connectivity index (χ1n) is 13.4. The van der Waals surface area contributed by atoms with Crippen LogP contribution in [0.5, 0.6) is 0 Å². The fourth-order valence-corrected chi connectivity index (χ4v) is 4.74. The Morgan fingerprint density at radius 2 is 1.18 bits per heavy atom. The van der Waals surface area contributed by atoms with Gasteiger partial charge in [0.2, 0.25) is 0 Å². The van der Waals surface area contributed by atoms with Crippen LogP contribution in [-0.2, 0) is 25.7 Å². The van der Waals surface area contributed by atoms with E-state index in [1.165, 1.54) is 0 Å². The molecule has 3 N–H and O–H groups in total. The number of amides is 1. The summed E-state index contributed by atoms with van der Waals surface area (Å²) < 4.78 is 0. The van der Waals surface area contributed by atoms with Crippen LogP contribution in [0.15, 0.2) is 60.7 Å². The molecule has 0 aliphatic carbocycles.